The third-order valence-electron chi connectivity index (χ3n) is 2.34. The summed E-state index contributed by atoms with van der Waals surface area (Å²) in [5.41, 5.74) is 2.56. The fourth-order valence-corrected chi connectivity index (χ4v) is 2.21. The van der Waals surface area contributed by atoms with Crippen LogP contribution in [-0.4, -0.2) is 31.8 Å². The van der Waals surface area contributed by atoms with E-state index in [1.807, 2.05) is 11.8 Å². The fraction of sp³-hybridized carbons (Fsp3) is 0.538. The lowest BCUT2D eigenvalue weighted by molar-refractivity contribution is 0.200. The van der Waals surface area contributed by atoms with Crippen LogP contribution in [0.2, 0.25) is 0 Å². The monoisotopic (exact) mass is 239 g/mol. The van der Waals surface area contributed by atoms with E-state index >= 15 is 0 Å². The highest BCUT2D eigenvalue weighted by molar-refractivity contribution is 7.99. The second kappa shape index (κ2) is 8.48. The number of benzene rings is 1. The van der Waals surface area contributed by atoms with Gasteiger partial charge in [-0.05, 0) is 30.7 Å². The molecule has 0 aliphatic rings. The first-order valence-corrected chi connectivity index (χ1v) is 6.86. The fourth-order valence-electron chi connectivity index (χ4n) is 1.44. The SMILES string of the molecule is COCCCSCCNc1ccccc1C. The smallest absolute Gasteiger partial charge is 0.0470 e. The molecule has 0 saturated heterocycles. The minimum atomic E-state index is 0.873. The molecule has 1 aromatic carbocycles. The molecule has 0 spiro atoms. The molecule has 0 atom stereocenters. The van der Waals surface area contributed by atoms with E-state index in [1.165, 1.54) is 17.0 Å². The molecular formula is C13H21NOS. The maximum atomic E-state index is 5.00. The number of ether oxygens (including phenoxy) is 1. The van der Waals surface area contributed by atoms with Crippen molar-refractivity contribution in [3.05, 3.63) is 29.8 Å². The molecule has 0 amide bonds. The highest BCUT2D eigenvalue weighted by atomic mass is 32.2. The molecule has 2 nitrogen and oxygen atoms in total. The molecule has 0 fully saturated rings. The third kappa shape index (κ3) is 5.42. The van der Waals surface area contributed by atoms with E-state index in [-0.39, 0.29) is 0 Å². The molecular weight excluding hydrogens is 218 g/mol. The van der Waals surface area contributed by atoms with Crippen molar-refractivity contribution in [1.29, 1.82) is 0 Å². The van der Waals surface area contributed by atoms with Gasteiger partial charge in [0.15, 0.2) is 0 Å². The average Bonchev–Trinajstić information content (AvgIpc) is 2.30. The Labute approximate surface area is 103 Å². The van der Waals surface area contributed by atoms with Crippen molar-refractivity contribution in [2.75, 3.05) is 37.1 Å². The van der Waals surface area contributed by atoms with Crippen molar-refractivity contribution in [2.45, 2.75) is 13.3 Å². The van der Waals surface area contributed by atoms with Crippen LogP contribution in [-0.2, 0) is 4.74 Å². The molecule has 0 bridgehead atoms. The number of rotatable bonds is 8. The second-order valence-corrected chi connectivity index (χ2v) is 4.93. The lowest BCUT2D eigenvalue weighted by Gasteiger charge is -2.08. The van der Waals surface area contributed by atoms with Gasteiger partial charge in [0.05, 0.1) is 0 Å². The van der Waals surface area contributed by atoms with Gasteiger partial charge in [0.1, 0.15) is 0 Å². The third-order valence-corrected chi connectivity index (χ3v) is 3.41. The first-order chi connectivity index (χ1) is 7.84. The van der Waals surface area contributed by atoms with Gasteiger partial charge in [0, 0.05) is 31.7 Å². The Hall–Kier alpha value is -0.670. The van der Waals surface area contributed by atoms with Crippen LogP contribution in [0.3, 0.4) is 0 Å². The second-order valence-electron chi connectivity index (χ2n) is 3.70. The zero-order chi connectivity index (χ0) is 11.6. The maximum Gasteiger partial charge on any atom is 0.0470 e. The summed E-state index contributed by atoms with van der Waals surface area (Å²) in [5, 5.41) is 3.45. The lowest BCUT2D eigenvalue weighted by Crippen LogP contribution is -2.05. The van der Waals surface area contributed by atoms with Gasteiger partial charge < -0.3 is 10.1 Å². The number of aryl methyl sites for hydroxylation is 1. The van der Waals surface area contributed by atoms with Crippen LogP contribution in [0.5, 0.6) is 0 Å². The Morgan fingerprint density at radius 2 is 2.06 bits per heavy atom. The van der Waals surface area contributed by atoms with Crippen LogP contribution < -0.4 is 5.32 Å². The summed E-state index contributed by atoms with van der Waals surface area (Å²) in [6.45, 7) is 4.04. The summed E-state index contributed by atoms with van der Waals surface area (Å²) < 4.78 is 5.00. The lowest BCUT2D eigenvalue weighted by atomic mass is 10.2. The predicted octanol–water partition coefficient (Wildman–Crippen LogP) is 3.18. The number of methoxy groups -OCH3 is 1. The number of hydrogen-bond acceptors (Lipinski definition) is 3. The van der Waals surface area contributed by atoms with E-state index in [0.29, 0.717) is 0 Å². The van der Waals surface area contributed by atoms with Crippen molar-refractivity contribution in [3.63, 3.8) is 0 Å². The van der Waals surface area contributed by atoms with Crippen LogP contribution in [0.4, 0.5) is 5.69 Å². The van der Waals surface area contributed by atoms with Crippen molar-refractivity contribution in [3.8, 4) is 0 Å². The Morgan fingerprint density at radius 1 is 1.25 bits per heavy atom. The van der Waals surface area contributed by atoms with E-state index in [9.17, 15) is 0 Å². The molecule has 0 aromatic heterocycles. The van der Waals surface area contributed by atoms with Crippen molar-refractivity contribution in [2.24, 2.45) is 0 Å². The zero-order valence-corrected chi connectivity index (χ0v) is 11.0. The van der Waals surface area contributed by atoms with Crippen LogP contribution in [0.1, 0.15) is 12.0 Å². The quantitative estimate of drug-likeness (QED) is 0.704. The standard InChI is InChI=1S/C13H21NOS/c1-12-6-3-4-7-13(12)14-8-11-16-10-5-9-15-2/h3-4,6-7,14H,5,8-11H2,1-2H3. The first kappa shape index (κ1) is 13.4. The Bertz CT molecular complexity index is 291. The van der Waals surface area contributed by atoms with Crippen molar-refractivity contribution < 1.29 is 4.74 Å². The molecule has 1 rings (SSSR count). The Balaban J connectivity index is 2.05. The Morgan fingerprint density at radius 3 is 2.81 bits per heavy atom. The molecule has 0 aliphatic carbocycles. The van der Waals surface area contributed by atoms with Crippen LogP contribution >= 0.6 is 11.8 Å². The molecule has 0 unspecified atom stereocenters. The molecule has 0 aliphatic heterocycles. The normalized spacial score (nSPS) is 10.4. The summed E-state index contributed by atoms with van der Waals surface area (Å²) in [7, 11) is 1.75. The summed E-state index contributed by atoms with van der Waals surface area (Å²) >= 11 is 1.98. The average molecular weight is 239 g/mol. The van der Waals surface area contributed by atoms with Gasteiger partial charge in [-0.2, -0.15) is 11.8 Å². The van der Waals surface area contributed by atoms with Gasteiger partial charge in [-0.1, -0.05) is 18.2 Å². The molecule has 90 valence electrons. The number of nitrogens with one attached hydrogen (secondary N) is 1. The zero-order valence-electron chi connectivity index (χ0n) is 10.2. The van der Waals surface area contributed by atoms with Gasteiger partial charge >= 0.3 is 0 Å². The molecule has 0 radical (unpaired) electrons. The summed E-state index contributed by atoms with van der Waals surface area (Å²) in [6, 6.07) is 8.40. The van der Waals surface area contributed by atoms with E-state index in [1.54, 1.807) is 7.11 Å². The van der Waals surface area contributed by atoms with E-state index in [2.05, 4.69) is 36.5 Å². The molecule has 0 saturated carbocycles. The first-order valence-electron chi connectivity index (χ1n) is 5.71. The van der Waals surface area contributed by atoms with Gasteiger partial charge in [-0.25, -0.2) is 0 Å². The number of thioether (sulfide) groups is 1. The molecule has 1 aromatic rings. The van der Waals surface area contributed by atoms with E-state index in [4.69, 9.17) is 4.74 Å². The highest BCUT2D eigenvalue weighted by Gasteiger charge is 1.95. The highest BCUT2D eigenvalue weighted by Crippen LogP contribution is 2.13. The van der Waals surface area contributed by atoms with Crippen LogP contribution in [0.15, 0.2) is 24.3 Å². The van der Waals surface area contributed by atoms with Gasteiger partial charge in [-0.3, -0.25) is 0 Å². The van der Waals surface area contributed by atoms with E-state index in [0.717, 1.165) is 25.3 Å². The molecule has 3 heteroatoms. The molecule has 16 heavy (non-hydrogen) atoms. The molecule has 0 heterocycles. The van der Waals surface area contributed by atoms with Gasteiger partial charge in [-0.15, -0.1) is 0 Å². The summed E-state index contributed by atoms with van der Waals surface area (Å²) in [6.07, 6.45) is 1.14. The number of anilines is 1. The van der Waals surface area contributed by atoms with Gasteiger partial charge in [0.25, 0.3) is 0 Å². The minimum Gasteiger partial charge on any atom is -0.385 e. The van der Waals surface area contributed by atoms with Crippen molar-refractivity contribution in [1.82, 2.24) is 0 Å². The van der Waals surface area contributed by atoms with Crippen LogP contribution in [0, 0.1) is 6.92 Å². The van der Waals surface area contributed by atoms with E-state index < -0.39 is 0 Å². The maximum absolute atomic E-state index is 5.00. The number of para-hydroxylation sites is 1. The summed E-state index contributed by atoms with van der Waals surface area (Å²) in [5.74, 6) is 2.33. The van der Waals surface area contributed by atoms with Crippen LogP contribution in [0.25, 0.3) is 0 Å². The predicted molar refractivity (Wildman–Crippen MR) is 73.5 cm³/mol. The Kier molecular flexibility index (Phi) is 7.10. The topological polar surface area (TPSA) is 21.3 Å². The van der Waals surface area contributed by atoms with Gasteiger partial charge in [0.2, 0.25) is 0 Å². The molecule has 1 N–H and O–H groups in total. The largest absolute Gasteiger partial charge is 0.385 e. The minimum absolute atomic E-state index is 0.873. The number of hydrogen-bond donors (Lipinski definition) is 1. The van der Waals surface area contributed by atoms with Crippen molar-refractivity contribution >= 4 is 17.4 Å². The summed E-state index contributed by atoms with van der Waals surface area (Å²) in [4.78, 5) is 0.